The molecule has 3 nitrogen and oxygen atoms in total. The second-order valence-corrected chi connectivity index (χ2v) is 5.61. The van der Waals surface area contributed by atoms with Crippen molar-refractivity contribution in [2.75, 3.05) is 13.1 Å². The molecule has 1 aromatic heterocycles. The zero-order valence-electron chi connectivity index (χ0n) is 10.1. The molecule has 1 aliphatic rings. The molecule has 94 valence electrons. The molecular weight excluding hydrogens is 234 g/mol. The van der Waals surface area contributed by atoms with Crippen LogP contribution < -0.4 is 0 Å². The average molecular weight is 253 g/mol. The Morgan fingerprint density at radius 1 is 1.65 bits per heavy atom. The number of carbonyl (C=O) groups is 1. The number of hydrogen-bond acceptors (Lipinski definition) is 3. The van der Waals surface area contributed by atoms with Crippen LogP contribution in [0.3, 0.4) is 0 Å². The standard InChI is InChI=1S/C13H19NO2S/c1-10-8-12(13(15)16)3-6-14(10)5-2-11-4-7-17-9-11/h4,7,9-10,12H,2-3,5-6,8H2,1H3,(H,15,16). The Bertz CT molecular complexity index is 364. The second kappa shape index (κ2) is 5.65. The van der Waals surface area contributed by atoms with Gasteiger partial charge in [-0.05, 0) is 55.1 Å². The van der Waals surface area contributed by atoms with Crippen LogP contribution in [0.15, 0.2) is 16.8 Å². The van der Waals surface area contributed by atoms with Crippen LogP contribution in [0, 0.1) is 5.92 Å². The van der Waals surface area contributed by atoms with Gasteiger partial charge in [-0.1, -0.05) is 0 Å². The molecule has 1 saturated heterocycles. The summed E-state index contributed by atoms with van der Waals surface area (Å²) in [6.45, 7) is 4.11. The number of likely N-dealkylation sites (tertiary alicyclic amines) is 1. The predicted molar refractivity (Wildman–Crippen MR) is 69.4 cm³/mol. The first kappa shape index (κ1) is 12.6. The smallest absolute Gasteiger partial charge is 0.306 e. The fourth-order valence-corrected chi connectivity index (χ4v) is 3.19. The highest BCUT2D eigenvalue weighted by Crippen LogP contribution is 2.23. The average Bonchev–Trinajstić information content (AvgIpc) is 2.80. The summed E-state index contributed by atoms with van der Waals surface area (Å²) >= 11 is 1.74. The maximum atomic E-state index is 10.9. The highest BCUT2D eigenvalue weighted by molar-refractivity contribution is 7.07. The van der Waals surface area contributed by atoms with Gasteiger partial charge in [-0.25, -0.2) is 0 Å². The van der Waals surface area contributed by atoms with Crippen LogP contribution in [0.4, 0.5) is 0 Å². The van der Waals surface area contributed by atoms with Crippen LogP contribution in [0.2, 0.25) is 0 Å². The highest BCUT2D eigenvalue weighted by Gasteiger charge is 2.29. The first-order valence-corrected chi connectivity index (χ1v) is 7.09. The zero-order chi connectivity index (χ0) is 12.3. The maximum Gasteiger partial charge on any atom is 0.306 e. The molecule has 0 saturated carbocycles. The SMILES string of the molecule is CC1CC(C(=O)O)CCN1CCc1ccsc1. The minimum atomic E-state index is -0.630. The highest BCUT2D eigenvalue weighted by atomic mass is 32.1. The molecular formula is C13H19NO2S. The van der Waals surface area contributed by atoms with E-state index >= 15 is 0 Å². The van der Waals surface area contributed by atoms with Crippen LogP contribution in [0.1, 0.15) is 25.3 Å². The van der Waals surface area contributed by atoms with Crippen LogP contribution >= 0.6 is 11.3 Å². The fourth-order valence-electron chi connectivity index (χ4n) is 2.48. The molecule has 0 radical (unpaired) electrons. The third kappa shape index (κ3) is 3.30. The molecule has 0 aliphatic carbocycles. The van der Waals surface area contributed by atoms with E-state index in [4.69, 9.17) is 5.11 Å². The number of hydrogen-bond donors (Lipinski definition) is 1. The normalized spacial score (nSPS) is 25.9. The molecule has 1 N–H and O–H groups in total. The van der Waals surface area contributed by atoms with Crippen molar-refractivity contribution in [3.63, 3.8) is 0 Å². The fraction of sp³-hybridized carbons (Fsp3) is 0.615. The first-order chi connectivity index (χ1) is 8.16. The Morgan fingerprint density at radius 2 is 2.47 bits per heavy atom. The van der Waals surface area contributed by atoms with Crippen molar-refractivity contribution < 1.29 is 9.90 Å². The Morgan fingerprint density at radius 3 is 3.06 bits per heavy atom. The van der Waals surface area contributed by atoms with Crippen LogP contribution in [-0.4, -0.2) is 35.1 Å². The van der Waals surface area contributed by atoms with E-state index in [0.717, 1.165) is 32.4 Å². The van der Waals surface area contributed by atoms with Gasteiger partial charge in [0.15, 0.2) is 0 Å². The van der Waals surface area contributed by atoms with Gasteiger partial charge in [-0.2, -0.15) is 11.3 Å². The monoisotopic (exact) mass is 253 g/mol. The van der Waals surface area contributed by atoms with E-state index in [1.807, 2.05) is 0 Å². The van der Waals surface area contributed by atoms with Gasteiger partial charge in [-0.15, -0.1) is 0 Å². The van der Waals surface area contributed by atoms with Crippen LogP contribution in [0.25, 0.3) is 0 Å². The number of carboxylic acid groups (broad SMARTS) is 1. The van der Waals surface area contributed by atoms with Crippen molar-refractivity contribution in [3.05, 3.63) is 22.4 Å². The minimum Gasteiger partial charge on any atom is -0.481 e. The van der Waals surface area contributed by atoms with Crippen molar-refractivity contribution in [1.29, 1.82) is 0 Å². The number of aliphatic carboxylic acids is 1. The van der Waals surface area contributed by atoms with Crippen LogP contribution in [0.5, 0.6) is 0 Å². The quantitative estimate of drug-likeness (QED) is 0.896. The van der Waals surface area contributed by atoms with Gasteiger partial charge in [0.25, 0.3) is 0 Å². The first-order valence-electron chi connectivity index (χ1n) is 6.14. The van der Waals surface area contributed by atoms with Gasteiger partial charge in [0.05, 0.1) is 5.92 Å². The van der Waals surface area contributed by atoms with Crippen molar-refractivity contribution in [1.82, 2.24) is 4.90 Å². The molecule has 2 heterocycles. The van der Waals surface area contributed by atoms with Crippen molar-refractivity contribution >= 4 is 17.3 Å². The number of rotatable bonds is 4. The molecule has 2 atom stereocenters. The van der Waals surface area contributed by atoms with Gasteiger partial charge in [0.2, 0.25) is 0 Å². The number of thiophene rings is 1. The third-order valence-corrected chi connectivity index (χ3v) is 4.36. The van der Waals surface area contributed by atoms with Crippen molar-refractivity contribution in [3.8, 4) is 0 Å². The Balaban J connectivity index is 1.81. The van der Waals surface area contributed by atoms with Crippen LogP contribution in [-0.2, 0) is 11.2 Å². The summed E-state index contributed by atoms with van der Waals surface area (Å²) < 4.78 is 0. The topological polar surface area (TPSA) is 40.5 Å². The molecule has 2 unspecified atom stereocenters. The summed E-state index contributed by atoms with van der Waals surface area (Å²) in [4.78, 5) is 13.3. The predicted octanol–water partition coefficient (Wildman–Crippen LogP) is 2.48. The summed E-state index contributed by atoms with van der Waals surface area (Å²) in [6, 6.07) is 2.56. The van der Waals surface area contributed by atoms with Crippen molar-refractivity contribution in [2.24, 2.45) is 5.92 Å². The molecule has 1 aliphatic heterocycles. The lowest BCUT2D eigenvalue weighted by Gasteiger charge is -2.36. The van der Waals surface area contributed by atoms with E-state index in [2.05, 4.69) is 28.7 Å². The van der Waals surface area contributed by atoms with Gasteiger partial charge in [0.1, 0.15) is 0 Å². The lowest BCUT2D eigenvalue weighted by Crippen LogP contribution is -2.43. The largest absolute Gasteiger partial charge is 0.481 e. The van der Waals surface area contributed by atoms with E-state index < -0.39 is 5.97 Å². The molecule has 0 amide bonds. The Hall–Kier alpha value is -0.870. The van der Waals surface area contributed by atoms with Crippen molar-refractivity contribution in [2.45, 2.75) is 32.2 Å². The van der Waals surface area contributed by atoms with Gasteiger partial charge in [0, 0.05) is 12.6 Å². The maximum absolute atomic E-state index is 10.9. The van der Waals surface area contributed by atoms with E-state index in [-0.39, 0.29) is 5.92 Å². The van der Waals surface area contributed by atoms with E-state index in [0.29, 0.717) is 6.04 Å². The Kier molecular flexibility index (Phi) is 4.18. The summed E-state index contributed by atoms with van der Waals surface area (Å²) in [6.07, 6.45) is 2.66. The van der Waals surface area contributed by atoms with Gasteiger partial charge >= 0.3 is 5.97 Å². The molecule has 0 spiro atoms. The summed E-state index contributed by atoms with van der Waals surface area (Å²) in [5.41, 5.74) is 1.39. The molecule has 4 heteroatoms. The molecule has 17 heavy (non-hydrogen) atoms. The molecule has 0 bridgehead atoms. The van der Waals surface area contributed by atoms with E-state index in [1.165, 1.54) is 5.56 Å². The summed E-state index contributed by atoms with van der Waals surface area (Å²) in [5, 5.41) is 13.3. The Labute approximate surface area is 106 Å². The lowest BCUT2D eigenvalue weighted by molar-refractivity contribution is -0.144. The van der Waals surface area contributed by atoms with E-state index in [9.17, 15) is 4.79 Å². The summed E-state index contributed by atoms with van der Waals surface area (Å²) in [5.74, 6) is -0.767. The molecule has 1 fully saturated rings. The third-order valence-electron chi connectivity index (χ3n) is 3.63. The molecule has 0 aromatic carbocycles. The summed E-state index contributed by atoms with van der Waals surface area (Å²) in [7, 11) is 0. The van der Waals surface area contributed by atoms with Gasteiger partial charge < -0.3 is 10.0 Å². The minimum absolute atomic E-state index is 0.137. The number of nitrogens with zero attached hydrogens (tertiary/aromatic N) is 1. The zero-order valence-corrected chi connectivity index (χ0v) is 10.9. The van der Waals surface area contributed by atoms with Gasteiger partial charge in [-0.3, -0.25) is 4.79 Å². The molecule has 1 aromatic rings. The second-order valence-electron chi connectivity index (χ2n) is 4.83. The van der Waals surface area contributed by atoms with E-state index in [1.54, 1.807) is 11.3 Å². The molecule has 2 rings (SSSR count). The number of carboxylic acids is 1. The number of piperidine rings is 1. The lowest BCUT2D eigenvalue weighted by atomic mass is 9.91.